The van der Waals surface area contributed by atoms with E-state index < -0.39 is 0 Å². The van der Waals surface area contributed by atoms with Crippen LogP contribution >= 0.6 is 22.7 Å². The number of hydrogen-bond donors (Lipinski definition) is 0. The van der Waals surface area contributed by atoms with Crippen LogP contribution in [0.25, 0.3) is 129 Å². The molecule has 0 saturated heterocycles. The van der Waals surface area contributed by atoms with E-state index in [4.69, 9.17) is 9.97 Å². The van der Waals surface area contributed by atoms with Gasteiger partial charge in [-0.1, -0.05) is 103 Å². The van der Waals surface area contributed by atoms with E-state index in [1.165, 1.54) is 73.8 Å². The van der Waals surface area contributed by atoms with Gasteiger partial charge >= 0.3 is 0 Å². The molecule has 14 rings (SSSR count). The van der Waals surface area contributed by atoms with Crippen molar-refractivity contribution in [3.63, 3.8) is 0 Å². The van der Waals surface area contributed by atoms with Gasteiger partial charge in [-0.2, -0.15) is 0 Å². The van der Waals surface area contributed by atoms with Crippen LogP contribution in [0.15, 0.2) is 158 Å². The van der Waals surface area contributed by atoms with Crippen LogP contribution in [0.4, 0.5) is 0 Å². The lowest BCUT2D eigenvalue weighted by Crippen LogP contribution is -2.03. The summed E-state index contributed by atoms with van der Waals surface area (Å²) in [5.74, 6) is 0.849. The van der Waals surface area contributed by atoms with Crippen LogP contribution in [-0.4, -0.2) is 19.1 Å². The zero-order valence-electron chi connectivity index (χ0n) is 29.6. The maximum atomic E-state index is 5.67. The molecule has 1 aliphatic carbocycles. The molecular formula is C50H26N4S2. The summed E-state index contributed by atoms with van der Waals surface area (Å²) < 4.78 is 8.63. The number of aromatic nitrogens is 4. The number of benzene rings is 8. The largest absolute Gasteiger partial charge is 0.309 e. The minimum Gasteiger partial charge on any atom is -0.309 e. The third-order valence-corrected chi connectivity index (χ3v) is 14.2. The minimum atomic E-state index is 0.849. The van der Waals surface area contributed by atoms with Crippen molar-refractivity contribution in [2.75, 3.05) is 0 Å². The Hall–Kier alpha value is -6.86. The van der Waals surface area contributed by atoms with E-state index in [2.05, 4.69) is 167 Å². The van der Waals surface area contributed by atoms with Crippen LogP contribution in [0, 0.1) is 0 Å². The van der Waals surface area contributed by atoms with Crippen molar-refractivity contribution >= 4 is 118 Å². The Morgan fingerprint density at radius 2 is 1.12 bits per heavy atom. The predicted molar refractivity (Wildman–Crippen MR) is 238 cm³/mol. The fourth-order valence-electron chi connectivity index (χ4n) is 9.79. The van der Waals surface area contributed by atoms with Gasteiger partial charge in [-0.05, 0) is 76.5 Å². The Morgan fingerprint density at radius 1 is 0.411 bits per heavy atom. The summed E-state index contributed by atoms with van der Waals surface area (Å²) in [4.78, 5) is 12.3. The van der Waals surface area contributed by atoms with Crippen LogP contribution in [0.2, 0.25) is 0 Å². The van der Waals surface area contributed by atoms with Gasteiger partial charge in [0.15, 0.2) is 5.82 Å². The molecule has 13 aromatic rings. The van der Waals surface area contributed by atoms with Crippen LogP contribution in [0.5, 0.6) is 0 Å². The first-order valence-electron chi connectivity index (χ1n) is 18.9. The third kappa shape index (κ3) is 3.64. The zero-order valence-corrected chi connectivity index (χ0v) is 31.2. The summed E-state index contributed by atoms with van der Waals surface area (Å²) >= 11 is 3.61. The first-order chi connectivity index (χ1) is 27.8. The van der Waals surface area contributed by atoms with Crippen molar-refractivity contribution in [3.05, 3.63) is 158 Å². The van der Waals surface area contributed by atoms with E-state index in [1.54, 1.807) is 11.3 Å². The van der Waals surface area contributed by atoms with Gasteiger partial charge in [-0.3, -0.25) is 4.57 Å². The summed E-state index contributed by atoms with van der Waals surface area (Å²) in [7, 11) is 0. The second-order valence-electron chi connectivity index (χ2n) is 14.9. The molecule has 0 unspecified atom stereocenters. The number of para-hydroxylation sites is 2. The number of fused-ring (bicyclic) bond motifs is 7. The average Bonchev–Trinajstić information content (AvgIpc) is 3.98. The predicted octanol–water partition coefficient (Wildman–Crippen LogP) is 14.2. The highest BCUT2D eigenvalue weighted by Gasteiger charge is 2.28. The van der Waals surface area contributed by atoms with E-state index in [0.717, 1.165) is 55.0 Å². The van der Waals surface area contributed by atoms with Crippen molar-refractivity contribution in [3.8, 4) is 33.9 Å². The minimum absolute atomic E-state index is 0.849. The number of rotatable bonds is 3. The first-order valence-corrected chi connectivity index (χ1v) is 20.5. The highest BCUT2D eigenvalue weighted by Crippen LogP contribution is 2.52. The lowest BCUT2D eigenvalue weighted by Gasteiger charge is -2.15. The van der Waals surface area contributed by atoms with Gasteiger partial charge in [0.1, 0.15) is 16.0 Å². The van der Waals surface area contributed by atoms with E-state index in [0.29, 0.717) is 0 Å². The molecule has 0 spiro atoms. The van der Waals surface area contributed by atoms with Gasteiger partial charge in [-0.15, -0.1) is 22.7 Å². The molecule has 0 fully saturated rings. The van der Waals surface area contributed by atoms with Gasteiger partial charge in [-0.25, -0.2) is 9.97 Å². The van der Waals surface area contributed by atoms with Crippen LogP contribution in [0.3, 0.4) is 0 Å². The molecule has 4 nitrogen and oxygen atoms in total. The molecule has 0 saturated carbocycles. The molecule has 8 aromatic carbocycles. The lowest BCUT2D eigenvalue weighted by atomic mass is 9.95. The molecule has 0 radical (unpaired) electrons. The summed E-state index contributed by atoms with van der Waals surface area (Å²) in [5.41, 5.74) is 11.2. The molecule has 258 valence electrons. The van der Waals surface area contributed by atoms with Gasteiger partial charge < -0.3 is 4.57 Å². The zero-order chi connectivity index (χ0) is 36.2. The number of hydrogen-bond acceptors (Lipinski definition) is 4. The van der Waals surface area contributed by atoms with Crippen LogP contribution < -0.4 is 0 Å². The van der Waals surface area contributed by atoms with E-state index in [9.17, 15) is 0 Å². The molecule has 0 amide bonds. The fourth-order valence-corrected chi connectivity index (χ4v) is 11.9. The normalized spacial score (nSPS) is 12.6. The molecule has 0 bridgehead atoms. The highest BCUT2D eigenvalue weighted by atomic mass is 32.1. The quantitative estimate of drug-likeness (QED) is 0.180. The maximum absolute atomic E-state index is 5.67. The Labute approximate surface area is 326 Å². The molecule has 0 aliphatic heterocycles. The SMILES string of the molecule is c1ccc(-n2c3ccccc3c3ccc(-c4nc5c(nc4-n4c6ccc7cccc8c7c6c6c7c(ccc64)sc4cccc-8c47)sc4ccccc45)cc32)cc1. The van der Waals surface area contributed by atoms with E-state index in [1.807, 2.05) is 11.3 Å². The fraction of sp³-hybridized carbons (Fsp3) is 0. The number of thiophene rings is 2. The molecule has 0 atom stereocenters. The lowest BCUT2D eigenvalue weighted by molar-refractivity contribution is 1.09. The second-order valence-corrected chi connectivity index (χ2v) is 17.0. The van der Waals surface area contributed by atoms with Gasteiger partial charge in [0.25, 0.3) is 0 Å². The molecule has 56 heavy (non-hydrogen) atoms. The Bertz CT molecular complexity index is 3880. The van der Waals surface area contributed by atoms with Crippen molar-refractivity contribution in [1.29, 1.82) is 0 Å². The Morgan fingerprint density at radius 3 is 2.04 bits per heavy atom. The third-order valence-electron chi connectivity index (χ3n) is 12.1. The van der Waals surface area contributed by atoms with E-state index >= 15 is 0 Å². The Balaban J connectivity index is 1.17. The maximum Gasteiger partial charge on any atom is 0.166 e. The Kier molecular flexibility index (Phi) is 5.51. The van der Waals surface area contributed by atoms with E-state index in [-0.39, 0.29) is 0 Å². The van der Waals surface area contributed by atoms with Gasteiger partial charge in [0, 0.05) is 63.1 Å². The summed E-state index contributed by atoms with van der Waals surface area (Å²) in [6, 6.07) is 57.7. The molecule has 5 aromatic heterocycles. The summed E-state index contributed by atoms with van der Waals surface area (Å²) in [6.07, 6.45) is 0. The molecule has 6 heteroatoms. The average molecular weight is 747 g/mol. The van der Waals surface area contributed by atoms with Gasteiger partial charge in [0.05, 0.1) is 22.1 Å². The monoisotopic (exact) mass is 746 g/mol. The van der Waals surface area contributed by atoms with Crippen LogP contribution in [-0.2, 0) is 0 Å². The van der Waals surface area contributed by atoms with Crippen molar-refractivity contribution < 1.29 is 0 Å². The van der Waals surface area contributed by atoms with Crippen molar-refractivity contribution in [2.24, 2.45) is 0 Å². The van der Waals surface area contributed by atoms with Crippen molar-refractivity contribution in [2.45, 2.75) is 0 Å². The molecular weight excluding hydrogens is 721 g/mol. The van der Waals surface area contributed by atoms with Crippen molar-refractivity contribution in [1.82, 2.24) is 19.1 Å². The standard InChI is InChI=1S/C50H26N4S2/c1-2-11-29(12-3-1)53-35-17-6-4-13-30(35)31-22-20-28(26-38(31)53)47-49(52-50-48(51-47)34-14-5-7-18-39(34)56-50)54-36-23-21-27-10-8-15-32-33-16-9-19-40-43(33)46-41(55-40)25-24-37(54)45(46)44(36)42(27)32/h1-26H. The van der Waals surface area contributed by atoms with Crippen LogP contribution in [0.1, 0.15) is 0 Å². The summed E-state index contributed by atoms with van der Waals surface area (Å²) in [5, 5.41) is 11.4. The highest BCUT2D eigenvalue weighted by molar-refractivity contribution is 7.26. The second kappa shape index (κ2) is 10.5. The molecule has 0 N–H and O–H groups in total. The molecule has 5 heterocycles. The topological polar surface area (TPSA) is 35.6 Å². The smallest absolute Gasteiger partial charge is 0.166 e. The summed E-state index contributed by atoms with van der Waals surface area (Å²) in [6.45, 7) is 0. The first kappa shape index (κ1) is 29.5. The van der Waals surface area contributed by atoms with Gasteiger partial charge in [0.2, 0.25) is 0 Å². The number of nitrogens with zero attached hydrogens (tertiary/aromatic N) is 4. The molecule has 1 aliphatic rings.